The lowest BCUT2D eigenvalue weighted by Crippen LogP contribution is -2.21. The molecule has 1 saturated heterocycles. The summed E-state index contributed by atoms with van der Waals surface area (Å²) < 4.78 is 20.6. The number of rotatable bonds is 3. The highest BCUT2D eigenvalue weighted by atomic mass is 16.6. The zero-order valence-electron chi connectivity index (χ0n) is 11.2. The van der Waals surface area contributed by atoms with Gasteiger partial charge in [-0.3, -0.25) is 0 Å². The number of ether oxygens (including phenoxy) is 4. The van der Waals surface area contributed by atoms with Crippen LogP contribution in [0.1, 0.15) is 12.0 Å². The van der Waals surface area contributed by atoms with Crippen LogP contribution in [0.25, 0.3) is 6.08 Å². The molecule has 6 heteroatoms. The van der Waals surface area contributed by atoms with E-state index in [1.165, 1.54) is 6.08 Å². The van der Waals surface area contributed by atoms with Gasteiger partial charge in [0, 0.05) is 12.5 Å². The van der Waals surface area contributed by atoms with Gasteiger partial charge in [-0.2, -0.15) is 0 Å². The molecule has 21 heavy (non-hydrogen) atoms. The van der Waals surface area contributed by atoms with Gasteiger partial charge in [0.25, 0.3) is 0 Å². The van der Waals surface area contributed by atoms with Crippen LogP contribution in [-0.2, 0) is 19.1 Å². The molecule has 0 spiro atoms. The van der Waals surface area contributed by atoms with Gasteiger partial charge >= 0.3 is 11.9 Å². The number of esters is 2. The van der Waals surface area contributed by atoms with Crippen LogP contribution < -0.4 is 9.47 Å². The smallest absolute Gasteiger partial charge is 0.347 e. The summed E-state index contributed by atoms with van der Waals surface area (Å²) in [4.78, 5) is 22.8. The van der Waals surface area contributed by atoms with Gasteiger partial charge in [-0.15, -0.1) is 0 Å². The van der Waals surface area contributed by atoms with E-state index >= 15 is 0 Å². The molecule has 1 fully saturated rings. The predicted octanol–water partition coefficient (Wildman–Crippen LogP) is 1.33. The fourth-order valence-electron chi connectivity index (χ4n) is 2.09. The Kier molecular flexibility index (Phi) is 3.77. The van der Waals surface area contributed by atoms with Gasteiger partial charge in [0.15, 0.2) is 11.5 Å². The Morgan fingerprint density at radius 3 is 2.71 bits per heavy atom. The Morgan fingerprint density at radius 1 is 1.14 bits per heavy atom. The highest BCUT2D eigenvalue weighted by Gasteiger charge is 2.29. The summed E-state index contributed by atoms with van der Waals surface area (Å²) in [6.07, 6.45) is 2.49. The summed E-state index contributed by atoms with van der Waals surface area (Å²) in [5.41, 5.74) is 0.783. The van der Waals surface area contributed by atoms with Crippen molar-refractivity contribution in [2.24, 2.45) is 0 Å². The zero-order valence-corrected chi connectivity index (χ0v) is 11.2. The fraction of sp³-hybridized carbons (Fsp3) is 0.333. The number of hydrogen-bond donors (Lipinski definition) is 0. The van der Waals surface area contributed by atoms with Crippen molar-refractivity contribution in [3.05, 3.63) is 29.8 Å². The zero-order chi connectivity index (χ0) is 14.7. The van der Waals surface area contributed by atoms with Gasteiger partial charge in [0.2, 0.25) is 6.10 Å². The van der Waals surface area contributed by atoms with Crippen LogP contribution in [0.5, 0.6) is 11.5 Å². The van der Waals surface area contributed by atoms with Crippen molar-refractivity contribution >= 4 is 18.0 Å². The molecule has 2 aliphatic rings. The molecular weight excluding hydrogens is 276 g/mol. The van der Waals surface area contributed by atoms with Crippen LogP contribution in [0.3, 0.4) is 0 Å². The van der Waals surface area contributed by atoms with Crippen LogP contribution >= 0.6 is 0 Å². The summed E-state index contributed by atoms with van der Waals surface area (Å²) in [7, 11) is 0. The minimum Gasteiger partial charge on any atom is -0.486 e. The minimum absolute atomic E-state index is 0.294. The Bertz CT molecular complexity index is 592. The molecule has 2 aliphatic heterocycles. The molecule has 0 radical (unpaired) electrons. The maximum Gasteiger partial charge on any atom is 0.347 e. The molecule has 0 aromatic heterocycles. The van der Waals surface area contributed by atoms with E-state index in [0.29, 0.717) is 37.7 Å². The first-order valence-corrected chi connectivity index (χ1v) is 6.67. The summed E-state index contributed by atoms with van der Waals surface area (Å²) in [5, 5.41) is 0. The molecule has 0 N–H and O–H groups in total. The molecule has 6 nitrogen and oxygen atoms in total. The Balaban J connectivity index is 1.62. The molecule has 2 heterocycles. The van der Waals surface area contributed by atoms with Gasteiger partial charge in [-0.1, -0.05) is 6.07 Å². The second kappa shape index (κ2) is 5.87. The first-order valence-electron chi connectivity index (χ1n) is 6.67. The molecule has 0 bridgehead atoms. The number of carbonyl (C=O) groups is 2. The van der Waals surface area contributed by atoms with Crippen molar-refractivity contribution in [2.45, 2.75) is 12.5 Å². The third kappa shape index (κ3) is 3.16. The van der Waals surface area contributed by atoms with Gasteiger partial charge in [-0.05, 0) is 23.8 Å². The lowest BCUT2D eigenvalue weighted by atomic mass is 10.2. The first kappa shape index (κ1) is 13.5. The number of hydrogen-bond acceptors (Lipinski definition) is 6. The molecule has 1 atom stereocenters. The number of benzene rings is 1. The van der Waals surface area contributed by atoms with Gasteiger partial charge in [0.1, 0.15) is 13.2 Å². The van der Waals surface area contributed by atoms with E-state index in [-0.39, 0.29) is 0 Å². The Morgan fingerprint density at radius 2 is 1.95 bits per heavy atom. The Hall–Kier alpha value is -2.50. The standard InChI is InChI=1S/C15H14O6/c16-14(21-12-5-6-20-15(12)17)4-2-10-1-3-11-13(9-10)19-8-7-18-11/h1-4,9,12H,5-8H2/b4-2+/t12-/m1/s1. The quantitative estimate of drug-likeness (QED) is 0.618. The van der Waals surface area contributed by atoms with Gasteiger partial charge in [0.05, 0.1) is 6.61 Å². The maximum absolute atomic E-state index is 11.6. The topological polar surface area (TPSA) is 71.1 Å². The van der Waals surface area contributed by atoms with Crippen LogP contribution in [-0.4, -0.2) is 37.9 Å². The van der Waals surface area contributed by atoms with E-state index in [9.17, 15) is 9.59 Å². The average Bonchev–Trinajstić information content (AvgIpc) is 2.90. The fourth-order valence-corrected chi connectivity index (χ4v) is 2.09. The molecule has 0 unspecified atom stereocenters. The SMILES string of the molecule is O=C(/C=C/c1ccc2c(c1)OCCO2)O[C@@H]1CCOC1=O. The number of cyclic esters (lactones) is 1. The minimum atomic E-state index is -0.789. The monoisotopic (exact) mass is 290 g/mol. The predicted molar refractivity (Wildman–Crippen MR) is 71.9 cm³/mol. The van der Waals surface area contributed by atoms with Crippen LogP contribution in [0.2, 0.25) is 0 Å². The van der Waals surface area contributed by atoms with Crippen molar-refractivity contribution in [3.63, 3.8) is 0 Å². The van der Waals surface area contributed by atoms with E-state index in [2.05, 4.69) is 0 Å². The normalized spacial score (nSPS) is 20.4. The van der Waals surface area contributed by atoms with E-state index in [1.54, 1.807) is 24.3 Å². The van der Waals surface area contributed by atoms with Gasteiger partial charge in [-0.25, -0.2) is 9.59 Å². The molecule has 3 rings (SSSR count). The summed E-state index contributed by atoms with van der Waals surface area (Å²) in [6.45, 7) is 1.33. The molecule has 0 aliphatic carbocycles. The third-order valence-electron chi connectivity index (χ3n) is 3.12. The molecule has 1 aromatic rings. The summed E-state index contributed by atoms with van der Waals surface area (Å²) in [5.74, 6) is 0.274. The highest BCUT2D eigenvalue weighted by Crippen LogP contribution is 2.31. The maximum atomic E-state index is 11.6. The van der Waals surface area contributed by atoms with Crippen LogP contribution in [0.4, 0.5) is 0 Å². The molecule has 0 saturated carbocycles. The lowest BCUT2D eigenvalue weighted by molar-refractivity contribution is -0.156. The van der Waals surface area contributed by atoms with Crippen LogP contribution in [0.15, 0.2) is 24.3 Å². The van der Waals surface area contributed by atoms with E-state index < -0.39 is 18.0 Å². The van der Waals surface area contributed by atoms with E-state index in [1.807, 2.05) is 0 Å². The van der Waals surface area contributed by atoms with Crippen molar-refractivity contribution in [2.75, 3.05) is 19.8 Å². The van der Waals surface area contributed by atoms with Gasteiger partial charge < -0.3 is 18.9 Å². The number of fused-ring (bicyclic) bond motifs is 1. The van der Waals surface area contributed by atoms with Crippen molar-refractivity contribution in [1.82, 2.24) is 0 Å². The van der Waals surface area contributed by atoms with E-state index in [0.717, 1.165) is 5.56 Å². The van der Waals surface area contributed by atoms with Crippen LogP contribution in [0, 0.1) is 0 Å². The van der Waals surface area contributed by atoms with Crippen molar-refractivity contribution < 1.29 is 28.5 Å². The summed E-state index contributed by atoms with van der Waals surface area (Å²) in [6, 6.07) is 5.37. The Labute approximate surface area is 121 Å². The first-order chi connectivity index (χ1) is 10.2. The average molecular weight is 290 g/mol. The third-order valence-corrected chi connectivity index (χ3v) is 3.12. The summed E-state index contributed by atoms with van der Waals surface area (Å²) >= 11 is 0. The molecule has 1 aromatic carbocycles. The van der Waals surface area contributed by atoms with E-state index in [4.69, 9.17) is 18.9 Å². The number of carbonyl (C=O) groups excluding carboxylic acids is 2. The molecule has 0 amide bonds. The van der Waals surface area contributed by atoms with Crippen molar-refractivity contribution in [1.29, 1.82) is 0 Å². The molecule has 110 valence electrons. The lowest BCUT2D eigenvalue weighted by Gasteiger charge is -2.18. The second-order valence-corrected chi connectivity index (χ2v) is 4.62. The second-order valence-electron chi connectivity index (χ2n) is 4.62. The molecular formula is C15H14O6. The van der Waals surface area contributed by atoms with Crippen molar-refractivity contribution in [3.8, 4) is 11.5 Å². The largest absolute Gasteiger partial charge is 0.486 e. The highest BCUT2D eigenvalue weighted by molar-refractivity contribution is 5.89.